The van der Waals surface area contributed by atoms with Gasteiger partial charge < -0.3 is 14.9 Å². The van der Waals surface area contributed by atoms with Gasteiger partial charge in [0.25, 0.3) is 0 Å². The number of hydrogen-bond acceptors (Lipinski definition) is 3. The Morgan fingerprint density at radius 3 is 2.46 bits per heavy atom. The number of likely N-dealkylation sites (N-methyl/N-ethyl adjacent to an activating group) is 1. The Bertz CT molecular complexity index is 612. The van der Waals surface area contributed by atoms with Crippen LogP contribution in [-0.2, 0) is 4.79 Å². The normalized spacial score (nSPS) is 20.2. The summed E-state index contributed by atoms with van der Waals surface area (Å²) in [6, 6.07) is 5.09. The molecule has 0 heterocycles. The third kappa shape index (κ3) is 6.82. The topological polar surface area (TPSA) is 43.8 Å². The summed E-state index contributed by atoms with van der Waals surface area (Å²) in [7, 11) is 4.05. The lowest BCUT2D eigenvalue weighted by atomic mass is 9.86. The van der Waals surface area contributed by atoms with Gasteiger partial charge in [0.1, 0.15) is 5.75 Å². The predicted octanol–water partition coefficient (Wildman–Crippen LogP) is 4.45. The highest BCUT2D eigenvalue weighted by Crippen LogP contribution is 2.28. The highest BCUT2D eigenvalue weighted by molar-refractivity contribution is 6.32. The van der Waals surface area contributed by atoms with Gasteiger partial charge in [0.2, 0.25) is 5.91 Å². The van der Waals surface area contributed by atoms with Crippen LogP contribution in [0.25, 0.3) is 6.08 Å². The number of aromatic hydroxyl groups is 1. The number of hydrogen-bond donors (Lipinski definition) is 1. The van der Waals surface area contributed by atoms with Crippen molar-refractivity contribution in [3.05, 3.63) is 34.9 Å². The van der Waals surface area contributed by atoms with Gasteiger partial charge in [0, 0.05) is 25.2 Å². The van der Waals surface area contributed by atoms with Crippen molar-refractivity contribution in [2.75, 3.05) is 27.2 Å². The molecule has 1 aliphatic carbocycles. The first-order valence-electron chi connectivity index (χ1n) is 8.98. The summed E-state index contributed by atoms with van der Waals surface area (Å²) in [6.07, 6.45) is 7.86. The van der Waals surface area contributed by atoms with E-state index in [4.69, 9.17) is 11.6 Å². The van der Waals surface area contributed by atoms with Crippen LogP contribution in [0, 0.1) is 5.92 Å². The van der Waals surface area contributed by atoms with E-state index in [2.05, 4.69) is 11.8 Å². The van der Waals surface area contributed by atoms with Gasteiger partial charge in [0.15, 0.2) is 0 Å². The maximum atomic E-state index is 12.8. The molecule has 0 bridgehead atoms. The van der Waals surface area contributed by atoms with Gasteiger partial charge in [-0.1, -0.05) is 18.5 Å². The molecule has 0 unspecified atom stereocenters. The molecular weight excluding hydrogens is 371 g/mol. The van der Waals surface area contributed by atoms with Gasteiger partial charge in [0.05, 0.1) is 5.02 Å². The van der Waals surface area contributed by atoms with E-state index in [1.54, 1.807) is 24.3 Å². The summed E-state index contributed by atoms with van der Waals surface area (Å²) in [5, 5.41) is 9.87. The summed E-state index contributed by atoms with van der Waals surface area (Å²) < 4.78 is 0. The first-order valence-corrected chi connectivity index (χ1v) is 9.36. The van der Waals surface area contributed by atoms with Crippen molar-refractivity contribution in [3.8, 4) is 5.75 Å². The predicted molar refractivity (Wildman–Crippen MR) is 111 cm³/mol. The van der Waals surface area contributed by atoms with E-state index >= 15 is 0 Å². The molecule has 6 heteroatoms. The Balaban J connectivity index is 0.00000338. The molecule has 1 aromatic carbocycles. The van der Waals surface area contributed by atoms with Crippen LogP contribution in [0.4, 0.5) is 0 Å². The standard InChI is InChI=1S/C20H29ClN2O2.ClH/c1-15-4-8-17(9-5-15)23(13-12-22(2)3)20(25)11-7-16-6-10-18(24)14-19(16)21;/h6-7,10-11,14-15,17,24H,4-5,8-9,12-13H2,1-3H3;1H/b11-7+;. The van der Waals surface area contributed by atoms with Crippen LogP contribution in [0.1, 0.15) is 38.2 Å². The van der Waals surface area contributed by atoms with E-state index in [1.807, 2.05) is 19.0 Å². The van der Waals surface area contributed by atoms with Crippen LogP contribution in [0.3, 0.4) is 0 Å². The maximum Gasteiger partial charge on any atom is 0.246 e. The van der Waals surface area contributed by atoms with Crippen LogP contribution in [0.15, 0.2) is 24.3 Å². The second-order valence-corrected chi connectivity index (χ2v) is 7.69. The van der Waals surface area contributed by atoms with E-state index in [1.165, 1.54) is 18.9 Å². The Kier molecular flexibility index (Phi) is 9.48. The molecule has 1 amide bonds. The van der Waals surface area contributed by atoms with Crippen molar-refractivity contribution >= 4 is 36.0 Å². The number of benzene rings is 1. The lowest BCUT2D eigenvalue weighted by Crippen LogP contribution is -2.44. The first kappa shape index (κ1) is 22.8. The van der Waals surface area contributed by atoms with Crippen molar-refractivity contribution in [1.29, 1.82) is 0 Å². The molecule has 0 saturated heterocycles. The van der Waals surface area contributed by atoms with Gasteiger partial charge in [-0.05, 0) is 75.5 Å². The molecule has 1 fully saturated rings. The van der Waals surface area contributed by atoms with Crippen LogP contribution in [0.2, 0.25) is 5.02 Å². The Hall–Kier alpha value is -1.23. The number of amides is 1. The van der Waals surface area contributed by atoms with Gasteiger partial charge in [-0.15, -0.1) is 12.4 Å². The minimum Gasteiger partial charge on any atom is -0.508 e. The highest BCUT2D eigenvalue weighted by atomic mass is 35.5. The van der Waals surface area contributed by atoms with Gasteiger partial charge >= 0.3 is 0 Å². The van der Waals surface area contributed by atoms with Gasteiger partial charge in [-0.25, -0.2) is 0 Å². The first-order chi connectivity index (χ1) is 11.9. The molecule has 1 saturated carbocycles. The number of nitrogens with zero attached hydrogens (tertiary/aromatic N) is 2. The van der Waals surface area contributed by atoms with Gasteiger partial charge in [-0.3, -0.25) is 4.79 Å². The van der Waals surface area contributed by atoms with Gasteiger partial charge in [-0.2, -0.15) is 0 Å². The minimum atomic E-state index is 0. The molecular formula is C20H30Cl2N2O2. The summed E-state index contributed by atoms with van der Waals surface area (Å²) in [6.45, 7) is 3.87. The van der Waals surface area contributed by atoms with Crippen molar-refractivity contribution in [1.82, 2.24) is 9.80 Å². The summed E-state index contributed by atoms with van der Waals surface area (Å²) in [4.78, 5) is 16.9. The third-order valence-corrected chi connectivity index (χ3v) is 5.21. The molecule has 0 aromatic heterocycles. The quantitative estimate of drug-likeness (QED) is 0.717. The molecule has 0 aliphatic heterocycles. The fourth-order valence-electron chi connectivity index (χ4n) is 3.24. The van der Waals surface area contributed by atoms with Crippen molar-refractivity contribution in [2.45, 2.75) is 38.6 Å². The molecule has 146 valence electrons. The zero-order valence-electron chi connectivity index (χ0n) is 15.8. The fraction of sp³-hybridized carbons (Fsp3) is 0.550. The van der Waals surface area contributed by atoms with Crippen LogP contribution in [0.5, 0.6) is 5.75 Å². The lowest BCUT2D eigenvalue weighted by molar-refractivity contribution is -0.129. The number of carbonyl (C=O) groups excluding carboxylic acids is 1. The number of phenols is 1. The van der Waals surface area contributed by atoms with Crippen LogP contribution in [-0.4, -0.2) is 54.0 Å². The van der Waals surface area contributed by atoms with E-state index in [0.717, 1.165) is 37.4 Å². The van der Waals surface area contributed by atoms with Crippen molar-refractivity contribution in [2.24, 2.45) is 5.92 Å². The van der Waals surface area contributed by atoms with Crippen molar-refractivity contribution < 1.29 is 9.90 Å². The molecule has 4 nitrogen and oxygen atoms in total. The summed E-state index contributed by atoms with van der Waals surface area (Å²) >= 11 is 6.12. The molecule has 0 radical (unpaired) electrons. The van der Waals surface area contributed by atoms with E-state index in [0.29, 0.717) is 11.1 Å². The largest absolute Gasteiger partial charge is 0.508 e. The number of halogens is 2. The maximum absolute atomic E-state index is 12.8. The van der Waals surface area contributed by atoms with E-state index in [9.17, 15) is 9.90 Å². The Labute approximate surface area is 168 Å². The highest BCUT2D eigenvalue weighted by Gasteiger charge is 2.26. The molecule has 1 aromatic rings. The second-order valence-electron chi connectivity index (χ2n) is 7.29. The molecule has 1 aliphatic rings. The number of rotatable bonds is 6. The molecule has 1 N–H and O–H groups in total. The lowest BCUT2D eigenvalue weighted by Gasteiger charge is -2.36. The third-order valence-electron chi connectivity index (χ3n) is 4.89. The van der Waals surface area contributed by atoms with Crippen molar-refractivity contribution in [3.63, 3.8) is 0 Å². The second kappa shape index (κ2) is 10.8. The zero-order valence-corrected chi connectivity index (χ0v) is 17.4. The molecule has 0 atom stereocenters. The summed E-state index contributed by atoms with van der Waals surface area (Å²) in [5.41, 5.74) is 0.734. The molecule has 0 spiro atoms. The Morgan fingerprint density at radius 2 is 1.88 bits per heavy atom. The monoisotopic (exact) mass is 400 g/mol. The van der Waals surface area contributed by atoms with Crippen LogP contribution < -0.4 is 0 Å². The Morgan fingerprint density at radius 1 is 1.23 bits per heavy atom. The molecule has 26 heavy (non-hydrogen) atoms. The number of carbonyl (C=O) groups is 1. The average molecular weight is 401 g/mol. The zero-order chi connectivity index (χ0) is 18.4. The van der Waals surface area contributed by atoms with Crippen LogP contribution >= 0.6 is 24.0 Å². The smallest absolute Gasteiger partial charge is 0.246 e. The van der Waals surface area contributed by atoms with E-state index in [-0.39, 0.29) is 24.1 Å². The SMILES string of the molecule is CC1CCC(N(CCN(C)C)C(=O)/C=C/c2ccc(O)cc2Cl)CC1.Cl. The molecule has 2 rings (SSSR count). The summed E-state index contributed by atoms with van der Waals surface area (Å²) in [5.74, 6) is 0.913. The fourth-order valence-corrected chi connectivity index (χ4v) is 3.48. The average Bonchev–Trinajstić information content (AvgIpc) is 2.55. The van der Waals surface area contributed by atoms with E-state index < -0.39 is 0 Å². The number of phenolic OH excluding ortho intramolecular Hbond substituents is 1. The minimum absolute atomic E-state index is 0.